The van der Waals surface area contributed by atoms with E-state index in [1.165, 1.54) is 11.8 Å². The first kappa shape index (κ1) is 17.1. The number of nitrogens with zero attached hydrogens (tertiary/aromatic N) is 7. The van der Waals surface area contributed by atoms with Crippen LogP contribution in [0.25, 0.3) is 11.4 Å². The Kier molecular flexibility index (Phi) is 5.08. The second-order valence-electron chi connectivity index (χ2n) is 5.66. The number of anilines is 1. The van der Waals surface area contributed by atoms with Crippen molar-refractivity contribution >= 4 is 23.4 Å². The number of thioether (sulfide) groups is 1. The molecule has 0 saturated carbocycles. The summed E-state index contributed by atoms with van der Waals surface area (Å²) in [7, 11) is 1.77. The number of rotatable bonds is 6. The molecule has 0 unspecified atom stereocenters. The van der Waals surface area contributed by atoms with Crippen molar-refractivity contribution in [1.82, 2.24) is 35.0 Å². The van der Waals surface area contributed by atoms with E-state index in [1.54, 1.807) is 18.1 Å². The summed E-state index contributed by atoms with van der Waals surface area (Å²) in [6.45, 7) is 4.08. The third kappa shape index (κ3) is 4.02. The van der Waals surface area contributed by atoms with Gasteiger partial charge in [-0.2, -0.15) is 0 Å². The molecule has 10 heteroatoms. The van der Waals surface area contributed by atoms with Gasteiger partial charge in [0.15, 0.2) is 11.0 Å². The average molecular weight is 358 g/mol. The predicted octanol–water partition coefficient (Wildman–Crippen LogP) is 1.78. The largest absolute Gasteiger partial charge is 0.325 e. The van der Waals surface area contributed by atoms with Crippen LogP contribution in [0.15, 0.2) is 35.7 Å². The molecule has 1 amide bonds. The lowest BCUT2D eigenvalue weighted by Crippen LogP contribution is -2.15. The van der Waals surface area contributed by atoms with Crippen molar-refractivity contribution in [1.29, 1.82) is 0 Å². The molecular formula is C15H18N8OS. The van der Waals surface area contributed by atoms with Gasteiger partial charge < -0.3 is 9.88 Å². The van der Waals surface area contributed by atoms with Crippen LogP contribution in [0.1, 0.15) is 19.9 Å². The van der Waals surface area contributed by atoms with Gasteiger partial charge in [0, 0.05) is 24.3 Å². The molecule has 3 aromatic rings. The highest BCUT2D eigenvalue weighted by molar-refractivity contribution is 7.99. The summed E-state index contributed by atoms with van der Waals surface area (Å²) in [5, 5.41) is 23.0. The van der Waals surface area contributed by atoms with Crippen molar-refractivity contribution in [3.8, 4) is 11.4 Å². The fourth-order valence-corrected chi connectivity index (χ4v) is 3.07. The second kappa shape index (κ2) is 7.43. The summed E-state index contributed by atoms with van der Waals surface area (Å²) >= 11 is 1.35. The summed E-state index contributed by atoms with van der Waals surface area (Å²) in [5.74, 6) is 0.772. The van der Waals surface area contributed by atoms with Crippen LogP contribution in [0, 0.1) is 0 Å². The third-order valence-electron chi connectivity index (χ3n) is 3.45. The number of tetrazole rings is 1. The molecule has 0 aliphatic heterocycles. The van der Waals surface area contributed by atoms with Crippen molar-refractivity contribution < 1.29 is 4.79 Å². The quantitative estimate of drug-likeness (QED) is 0.670. The van der Waals surface area contributed by atoms with Crippen LogP contribution in [0.4, 0.5) is 5.69 Å². The van der Waals surface area contributed by atoms with Gasteiger partial charge in [-0.25, -0.2) is 4.68 Å². The van der Waals surface area contributed by atoms with Crippen LogP contribution in [-0.4, -0.2) is 46.6 Å². The van der Waals surface area contributed by atoms with Gasteiger partial charge in [0.1, 0.15) is 6.33 Å². The van der Waals surface area contributed by atoms with Crippen LogP contribution in [0.5, 0.6) is 0 Å². The maximum absolute atomic E-state index is 12.2. The topological polar surface area (TPSA) is 103 Å². The Balaban J connectivity index is 1.63. The number of amides is 1. The highest BCUT2D eigenvalue weighted by Gasteiger charge is 2.12. The van der Waals surface area contributed by atoms with Gasteiger partial charge in [-0.1, -0.05) is 23.9 Å². The fourth-order valence-electron chi connectivity index (χ4n) is 2.23. The van der Waals surface area contributed by atoms with Crippen LogP contribution in [0.3, 0.4) is 0 Å². The van der Waals surface area contributed by atoms with Gasteiger partial charge in [-0.05, 0) is 36.4 Å². The molecule has 0 fully saturated rings. The van der Waals surface area contributed by atoms with E-state index in [0.29, 0.717) is 11.5 Å². The summed E-state index contributed by atoms with van der Waals surface area (Å²) in [5.41, 5.74) is 1.52. The molecule has 130 valence electrons. The van der Waals surface area contributed by atoms with Crippen LogP contribution >= 0.6 is 11.8 Å². The summed E-state index contributed by atoms with van der Waals surface area (Å²) in [4.78, 5) is 12.2. The average Bonchev–Trinajstić information content (AvgIpc) is 3.22. The van der Waals surface area contributed by atoms with E-state index in [2.05, 4.69) is 31.0 Å². The minimum atomic E-state index is -0.114. The van der Waals surface area contributed by atoms with Crippen molar-refractivity contribution in [2.24, 2.45) is 7.05 Å². The number of hydrogen-bond acceptors (Lipinski definition) is 7. The lowest BCUT2D eigenvalue weighted by molar-refractivity contribution is -0.113. The molecule has 1 N–H and O–H groups in total. The Morgan fingerprint density at radius 2 is 2.16 bits per heavy atom. The van der Waals surface area contributed by atoms with Crippen molar-refractivity contribution in [3.05, 3.63) is 30.6 Å². The Morgan fingerprint density at radius 3 is 2.88 bits per heavy atom. The molecule has 25 heavy (non-hydrogen) atoms. The zero-order valence-electron chi connectivity index (χ0n) is 14.1. The Labute approximate surface area is 148 Å². The predicted molar refractivity (Wildman–Crippen MR) is 94.0 cm³/mol. The summed E-state index contributed by atoms with van der Waals surface area (Å²) < 4.78 is 3.51. The standard InChI is InChI=1S/C15H18N8OS/c1-10(2)23-9-16-19-15(23)25-8-13(24)17-12-6-4-5-11(7-12)14-18-20-21-22(14)3/h4-7,9-10H,8H2,1-3H3,(H,17,24). The highest BCUT2D eigenvalue weighted by Crippen LogP contribution is 2.21. The minimum Gasteiger partial charge on any atom is -0.325 e. The zero-order valence-corrected chi connectivity index (χ0v) is 14.9. The number of aryl methyl sites for hydroxylation is 1. The molecule has 0 aliphatic rings. The molecule has 0 aliphatic carbocycles. The van der Waals surface area contributed by atoms with E-state index in [4.69, 9.17) is 0 Å². The lowest BCUT2D eigenvalue weighted by Gasteiger charge is -2.10. The Morgan fingerprint density at radius 1 is 1.32 bits per heavy atom. The maximum Gasteiger partial charge on any atom is 0.234 e. The lowest BCUT2D eigenvalue weighted by atomic mass is 10.2. The molecule has 3 rings (SSSR count). The van der Waals surface area contributed by atoms with E-state index in [-0.39, 0.29) is 17.7 Å². The third-order valence-corrected chi connectivity index (χ3v) is 4.41. The molecule has 2 heterocycles. The van der Waals surface area contributed by atoms with E-state index in [0.717, 1.165) is 10.7 Å². The molecule has 0 saturated heterocycles. The summed E-state index contributed by atoms with van der Waals surface area (Å²) in [6, 6.07) is 7.65. The number of carbonyl (C=O) groups is 1. The van der Waals surface area contributed by atoms with Gasteiger partial charge in [0.05, 0.1) is 5.75 Å². The molecular weight excluding hydrogens is 340 g/mol. The van der Waals surface area contributed by atoms with Crippen molar-refractivity contribution in [2.45, 2.75) is 25.0 Å². The van der Waals surface area contributed by atoms with Crippen LogP contribution in [0.2, 0.25) is 0 Å². The minimum absolute atomic E-state index is 0.114. The maximum atomic E-state index is 12.2. The van der Waals surface area contributed by atoms with Gasteiger partial charge in [-0.15, -0.1) is 15.3 Å². The first-order chi connectivity index (χ1) is 12.0. The zero-order chi connectivity index (χ0) is 17.8. The highest BCUT2D eigenvalue weighted by atomic mass is 32.2. The Bertz CT molecular complexity index is 872. The molecule has 0 bridgehead atoms. The second-order valence-corrected chi connectivity index (χ2v) is 6.60. The van der Waals surface area contributed by atoms with E-state index in [1.807, 2.05) is 42.7 Å². The monoisotopic (exact) mass is 358 g/mol. The molecule has 2 aromatic heterocycles. The SMILES string of the molecule is CC(C)n1cnnc1SCC(=O)Nc1cccc(-c2nnnn2C)c1. The van der Waals surface area contributed by atoms with Gasteiger partial charge in [0.2, 0.25) is 5.91 Å². The number of benzene rings is 1. The molecule has 1 aromatic carbocycles. The normalized spacial score (nSPS) is 11.0. The first-order valence-electron chi connectivity index (χ1n) is 7.69. The first-order valence-corrected chi connectivity index (χ1v) is 8.68. The smallest absolute Gasteiger partial charge is 0.234 e. The molecule has 0 radical (unpaired) electrons. The number of carbonyl (C=O) groups excluding carboxylic acids is 1. The van der Waals surface area contributed by atoms with Gasteiger partial charge >= 0.3 is 0 Å². The van der Waals surface area contributed by atoms with E-state index < -0.39 is 0 Å². The van der Waals surface area contributed by atoms with Crippen LogP contribution < -0.4 is 5.32 Å². The van der Waals surface area contributed by atoms with Crippen LogP contribution in [-0.2, 0) is 11.8 Å². The van der Waals surface area contributed by atoms with Crippen molar-refractivity contribution in [2.75, 3.05) is 11.1 Å². The number of nitrogens with one attached hydrogen (secondary N) is 1. The molecule has 0 spiro atoms. The number of aromatic nitrogens is 7. The summed E-state index contributed by atoms with van der Waals surface area (Å²) in [6.07, 6.45) is 1.67. The molecule has 0 atom stereocenters. The van der Waals surface area contributed by atoms with Gasteiger partial charge in [0.25, 0.3) is 0 Å². The van der Waals surface area contributed by atoms with E-state index >= 15 is 0 Å². The van der Waals surface area contributed by atoms with Crippen molar-refractivity contribution in [3.63, 3.8) is 0 Å². The van der Waals surface area contributed by atoms with Gasteiger partial charge in [-0.3, -0.25) is 4.79 Å². The Hall–Kier alpha value is -2.75. The van der Waals surface area contributed by atoms with E-state index in [9.17, 15) is 4.79 Å². The fraction of sp³-hybridized carbons (Fsp3) is 0.333. The molecule has 9 nitrogen and oxygen atoms in total. The number of hydrogen-bond donors (Lipinski definition) is 1.